The van der Waals surface area contributed by atoms with Crippen LogP contribution >= 0.6 is 0 Å². The number of rotatable bonds is 7. The molecule has 1 atom stereocenters. The summed E-state index contributed by atoms with van der Waals surface area (Å²) in [6, 6.07) is 7.73. The van der Waals surface area contributed by atoms with E-state index in [1.807, 2.05) is 0 Å². The normalized spacial score (nSPS) is 14.2. The van der Waals surface area contributed by atoms with E-state index in [0.29, 0.717) is 23.1 Å². The smallest absolute Gasteiger partial charge is 0.406 e. The predicted octanol–water partition coefficient (Wildman–Crippen LogP) is 3.54. The quantitative estimate of drug-likeness (QED) is 0.289. The Morgan fingerprint density at radius 3 is 2.05 bits per heavy atom. The van der Waals surface area contributed by atoms with Crippen LogP contribution in [0.3, 0.4) is 0 Å². The van der Waals surface area contributed by atoms with Gasteiger partial charge >= 0.3 is 12.3 Å². The number of ether oxygens (including phenoxy) is 1. The third-order valence-electron chi connectivity index (χ3n) is 5.59. The van der Waals surface area contributed by atoms with Crippen LogP contribution in [-0.2, 0) is 16.9 Å². The van der Waals surface area contributed by atoms with Gasteiger partial charge in [0.05, 0.1) is 15.7 Å². The number of alkyl halides is 5. The Bertz CT molecular complexity index is 1420. The van der Waals surface area contributed by atoms with Gasteiger partial charge in [0.25, 0.3) is 0 Å². The van der Waals surface area contributed by atoms with E-state index in [4.69, 9.17) is 15.7 Å². The predicted molar refractivity (Wildman–Crippen MR) is 118 cm³/mol. The molecule has 1 N–H and O–H groups in total. The highest BCUT2D eigenvalue weighted by Gasteiger charge is 2.65. The number of nitrogens with zero attached hydrogens (tertiary/aromatic N) is 5. The molecule has 1 unspecified atom stereocenters. The number of hydrogen-bond acceptors (Lipinski definition) is 6. The van der Waals surface area contributed by atoms with Crippen LogP contribution in [0.25, 0.3) is 11.1 Å². The fourth-order valence-corrected chi connectivity index (χ4v) is 3.70. The van der Waals surface area contributed by atoms with Crippen molar-refractivity contribution in [1.82, 2.24) is 25.2 Å². The molecule has 4 rings (SSSR count). The maximum atomic E-state index is 16.1. The van der Waals surface area contributed by atoms with Gasteiger partial charge in [-0.1, -0.05) is 24.3 Å². The molecule has 16 heteroatoms. The van der Waals surface area contributed by atoms with Crippen molar-refractivity contribution in [3.8, 4) is 16.9 Å². The topological polar surface area (TPSA) is 86.0 Å². The first kappa shape index (κ1) is 27.1. The van der Waals surface area contributed by atoms with Crippen molar-refractivity contribution in [1.29, 1.82) is 0 Å². The molecule has 0 aliphatic rings. The molecule has 7 nitrogen and oxygen atoms in total. The highest BCUT2D eigenvalue weighted by Crippen LogP contribution is 2.52. The molecule has 38 heavy (non-hydrogen) atoms. The Labute approximate surface area is 212 Å². The molecule has 0 aliphatic carbocycles. The summed E-state index contributed by atoms with van der Waals surface area (Å²) in [4.78, 5) is 3.65. The molecule has 2 aromatic heterocycles. The first-order chi connectivity index (χ1) is 17.7. The molecule has 0 saturated heterocycles. The molecule has 2 aromatic carbocycles. The van der Waals surface area contributed by atoms with Crippen molar-refractivity contribution >= 4 is 15.7 Å². The van der Waals surface area contributed by atoms with E-state index in [1.165, 1.54) is 12.1 Å². The van der Waals surface area contributed by atoms with E-state index in [-0.39, 0.29) is 17.2 Å². The first-order valence-electron chi connectivity index (χ1n) is 10.4. The molecule has 0 spiro atoms. The monoisotopic (exact) mass is 533 g/mol. The van der Waals surface area contributed by atoms with Crippen LogP contribution in [0.1, 0.15) is 11.3 Å². The van der Waals surface area contributed by atoms with Crippen LogP contribution in [0, 0.1) is 11.6 Å². The number of tetrazole rings is 1. The van der Waals surface area contributed by atoms with Gasteiger partial charge in [-0.15, -0.1) is 18.3 Å². The van der Waals surface area contributed by atoms with Crippen molar-refractivity contribution in [2.45, 2.75) is 23.2 Å². The molecule has 0 amide bonds. The van der Waals surface area contributed by atoms with Crippen molar-refractivity contribution in [2.75, 3.05) is 0 Å². The highest BCUT2D eigenvalue weighted by molar-refractivity contribution is 6.38. The number of pyridine rings is 1. The van der Waals surface area contributed by atoms with Crippen LogP contribution in [0.15, 0.2) is 67.1 Å². The van der Waals surface area contributed by atoms with E-state index in [1.54, 1.807) is 0 Å². The number of aromatic nitrogens is 5. The van der Waals surface area contributed by atoms with Crippen molar-refractivity contribution in [2.24, 2.45) is 0 Å². The average Bonchev–Trinajstić information content (AvgIpc) is 3.39. The molecule has 0 fully saturated rings. The fourth-order valence-electron chi connectivity index (χ4n) is 3.70. The number of aliphatic hydroxyl groups is 1. The molecule has 2 heterocycles. The van der Waals surface area contributed by atoms with Gasteiger partial charge in [-0.25, -0.2) is 13.5 Å². The summed E-state index contributed by atoms with van der Waals surface area (Å²) in [7, 11) is 11.8. The van der Waals surface area contributed by atoms with Gasteiger partial charge in [0.15, 0.2) is 5.60 Å². The van der Waals surface area contributed by atoms with Gasteiger partial charge in [-0.3, -0.25) is 4.98 Å². The lowest BCUT2D eigenvalue weighted by Gasteiger charge is -2.47. The Kier molecular flexibility index (Phi) is 6.72. The second-order valence-electron chi connectivity index (χ2n) is 7.99. The summed E-state index contributed by atoms with van der Waals surface area (Å²) in [5.74, 6) is -7.80. The van der Waals surface area contributed by atoms with Crippen molar-refractivity contribution < 1.29 is 40.6 Å². The van der Waals surface area contributed by atoms with E-state index in [0.717, 1.165) is 30.5 Å². The minimum Gasteiger partial charge on any atom is -0.406 e. The maximum Gasteiger partial charge on any atom is 0.573 e. The molecule has 0 saturated carbocycles. The van der Waals surface area contributed by atoms with Gasteiger partial charge in [-0.2, -0.15) is 8.78 Å². The lowest BCUT2D eigenvalue weighted by Crippen LogP contribution is -2.63. The van der Waals surface area contributed by atoms with Gasteiger partial charge in [0, 0.05) is 28.7 Å². The van der Waals surface area contributed by atoms with E-state index in [9.17, 15) is 27.1 Å². The van der Waals surface area contributed by atoms with Crippen LogP contribution < -0.4 is 4.74 Å². The van der Waals surface area contributed by atoms with Crippen molar-refractivity contribution in [3.05, 3.63) is 90.0 Å². The van der Waals surface area contributed by atoms with Crippen molar-refractivity contribution in [3.63, 3.8) is 0 Å². The number of halogens is 7. The van der Waals surface area contributed by atoms with Gasteiger partial charge in [0.1, 0.15) is 29.4 Å². The molecular weight excluding hydrogens is 521 g/mol. The summed E-state index contributed by atoms with van der Waals surface area (Å²) in [5, 5.41) is 18.1. The Balaban J connectivity index is 1.77. The van der Waals surface area contributed by atoms with Crippen LogP contribution in [0.2, 0.25) is 0 Å². The SMILES string of the molecule is [B]C([B])(n1cnnn1)C(O)(c1ccc(F)cc1F)C(F)(F)c1ccc(-c2ccc(OC(F)(F)F)cc2)cn1. The highest BCUT2D eigenvalue weighted by atomic mass is 19.4. The third kappa shape index (κ3) is 4.71. The zero-order valence-corrected chi connectivity index (χ0v) is 18.7. The van der Waals surface area contributed by atoms with Crippen LogP contribution in [0.4, 0.5) is 30.7 Å². The molecule has 192 valence electrons. The van der Waals surface area contributed by atoms with E-state index < -0.39 is 51.9 Å². The average molecular weight is 533 g/mol. The number of hydrogen-bond donors (Lipinski definition) is 1. The minimum atomic E-state index is -4.90. The third-order valence-corrected chi connectivity index (χ3v) is 5.59. The lowest BCUT2D eigenvalue weighted by molar-refractivity contribution is -0.274. The van der Waals surface area contributed by atoms with Crippen LogP contribution in [-0.4, -0.2) is 52.4 Å². The Morgan fingerprint density at radius 1 is 0.868 bits per heavy atom. The largest absolute Gasteiger partial charge is 0.573 e. The zero-order chi connectivity index (χ0) is 27.9. The Hall–Kier alpha value is -3.94. The summed E-state index contributed by atoms with van der Waals surface area (Å²) in [6.45, 7) is 0. The molecule has 0 bridgehead atoms. The minimum absolute atomic E-state index is 0.187. The summed E-state index contributed by atoms with van der Waals surface area (Å²) >= 11 is 0. The van der Waals surface area contributed by atoms with Crippen LogP contribution in [0.5, 0.6) is 5.75 Å². The second kappa shape index (κ2) is 9.42. The molecule has 4 radical (unpaired) electrons. The number of benzene rings is 2. The van der Waals surface area contributed by atoms with E-state index in [2.05, 4.69) is 25.2 Å². The standard InChI is InChI=1S/C22H12B2F7N5O2/c23-21(24,36-11-33-34-35-36)19(37,16-7-4-14(25)9-17(16)26)20(27,28)18-8-3-13(10-32-18)12-1-5-15(6-2-12)38-22(29,30)31/h1-11,37H. The maximum absolute atomic E-state index is 16.1. The molecular formula is C22H12B2F7N5O2. The second-order valence-corrected chi connectivity index (χ2v) is 7.99. The summed E-state index contributed by atoms with van der Waals surface area (Å²) < 4.78 is 102. The van der Waals surface area contributed by atoms with Gasteiger partial charge < -0.3 is 9.84 Å². The van der Waals surface area contributed by atoms with E-state index >= 15 is 8.78 Å². The summed E-state index contributed by atoms with van der Waals surface area (Å²) in [5.41, 5.74) is -5.71. The molecule has 0 aliphatic heterocycles. The first-order valence-corrected chi connectivity index (χ1v) is 10.4. The molecule has 4 aromatic rings. The van der Waals surface area contributed by atoms with Gasteiger partial charge in [0.2, 0.25) is 0 Å². The fraction of sp³-hybridized carbons (Fsp3) is 0.182. The summed E-state index contributed by atoms with van der Waals surface area (Å²) in [6.07, 6.45) is -3.28. The van der Waals surface area contributed by atoms with Gasteiger partial charge in [-0.05, 0) is 40.3 Å². The zero-order valence-electron chi connectivity index (χ0n) is 18.7. The Morgan fingerprint density at radius 2 is 1.53 bits per heavy atom. The lowest BCUT2D eigenvalue weighted by atomic mass is 9.49.